The Hall–Kier alpha value is -3.08. The molecule has 2 heterocycles. The van der Waals surface area contributed by atoms with Gasteiger partial charge < -0.3 is 10.1 Å². The van der Waals surface area contributed by atoms with Crippen LogP contribution in [0.15, 0.2) is 67.0 Å². The molecule has 24 heavy (non-hydrogen) atoms. The highest BCUT2D eigenvalue weighted by molar-refractivity contribution is 5.82. The predicted octanol–water partition coefficient (Wildman–Crippen LogP) is 2.49. The molecule has 1 aromatic heterocycles. The van der Waals surface area contributed by atoms with Crippen LogP contribution in [0.1, 0.15) is 11.1 Å². The van der Waals surface area contributed by atoms with Crippen molar-refractivity contribution in [3.05, 3.63) is 78.1 Å². The van der Waals surface area contributed by atoms with Crippen LogP contribution in [0, 0.1) is 0 Å². The summed E-state index contributed by atoms with van der Waals surface area (Å²) in [5.41, 5.74) is 3.02. The lowest BCUT2D eigenvalue weighted by Gasteiger charge is -2.10. The fourth-order valence-electron chi connectivity index (χ4n) is 2.80. The van der Waals surface area contributed by atoms with E-state index in [1.54, 1.807) is 10.9 Å². The average molecular weight is 319 g/mol. The number of hydrogen-bond donors (Lipinski definition) is 1. The van der Waals surface area contributed by atoms with Crippen LogP contribution in [0.2, 0.25) is 0 Å². The minimum absolute atomic E-state index is 0.0985. The van der Waals surface area contributed by atoms with Crippen LogP contribution in [0.25, 0.3) is 5.69 Å². The van der Waals surface area contributed by atoms with Gasteiger partial charge in [-0.15, -0.1) is 0 Å². The Balaban J connectivity index is 1.36. The van der Waals surface area contributed by atoms with Crippen LogP contribution in [-0.2, 0) is 17.8 Å². The van der Waals surface area contributed by atoms with Gasteiger partial charge in [-0.05, 0) is 23.8 Å². The number of carbonyl (C=O) groups is 1. The first kappa shape index (κ1) is 14.5. The van der Waals surface area contributed by atoms with Crippen LogP contribution in [0.5, 0.6) is 5.75 Å². The number of rotatable bonds is 4. The van der Waals surface area contributed by atoms with Crippen LogP contribution < -0.4 is 10.1 Å². The lowest BCUT2D eigenvalue weighted by Crippen LogP contribution is -2.36. The Morgan fingerprint density at radius 1 is 1.17 bits per heavy atom. The zero-order valence-electron chi connectivity index (χ0n) is 13.1. The van der Waals surface area contributed by atoms with Crippen molar-refractivity contribution in [1.29, 1.82) is 0 Å². The molecule has 1 atom stereocenters. The molecular formula is C19H17N3O2. The largest absolute Gasteiger partial charge is 0.480 e. The summed E-state index contributed by atoms with van der Waals surface area (Å²) in [6.45, 7) is 0.432. The third-order valence-electron chi connectivity index (χ3n) is 4.06. The zero-order chi connectivity index (χ0) is 16.4. The van der Waals surface area contributed by atoms with Crippen molar-refractivity contribution in [3.63, 3.8) is 0 Å². The van der Waals surface area contributed by atoms with Crippen molar-refractivity contribution in [2.75, 3.05) is 0 Å². The number of para-hydroxylation sites is 2. The number of ether oxygens (including phenoxy) is 1. The molecule has 1 unspecified atom stereocenters. The zero-order valence-corrected chi connectivity index (χ0v) is 13.1. The Morgan fingerprint density at radius 3 is 2.79 bits per heavy atom. The van der Waals surface area contributed by atoms with E-state index in [0.29, 0.717) is 13.0 Å². The van der Waals surface area contributed by atoms with Crippen molar-refractivity contribution in [1.82, 2.24) is 15.1 Å². The fraction of sp³-hybridized carbons (Fsp3) is 0.158. The summed E-state index contributed by atoms with van der Waals surface area (Å²) < 4.78 is 7.49. The van der Waals surface area contributed by atoms with Gasteiger partial charge in [-0.2, -0.15) is 5.10 Å². The lowest BCUT2D eigenvalue weighted by molar-refractivity contribution is -0.127. The first-order chi connectivity index (χ1) is 11.8. The molecule has 5 heteroatoms. The number of nitrogens with one attached hydrogen (secondary N) is 1. The van der Waals surface area contributed by atoms with Gasteiger partial charge in [0, 0.05) is 24.7 Å². The van der Waals surface area contributed by atoms with Crippen molar-refractivity contribution >= 4 is 5.91 Å². The van der Waals surface area contributed by atoms with E-state index in [-0.39, 0.29) is 5.91 Å². The summed E-state index contributed by atoms with van der Waals surface area (Å²) in [6.07, 6.45) is 3.84. The number of benzene rings is 2. The molecule has 2 aromatic carbocycles. The summed E-state index contributed by atoms with van der Waals surface area (Å²) in [7, 11) is 0. The molecular weight excluding hydrogens is 302 g/mol. The van der Waals surface area contributed by atoms with Crippen molar-refractivity contribution < 1.29 is 9.53 Å². The second-order valence-corrected chi connectivity index (χ2v) is 5.76. The van der Waals surface area contributed by atoms with Crippen LogP contribution >= 0.6 is 0 Å². The van der Waals surface area contributed by atoms with Gasteiger partial charge in [-0.3, -0.25) is 4.79 Å². The number of fused-ring (bicyclic) bond motifs is 1. The Morgan fingerprint density at radius 2 is 1.96 bits per heavy atom. The molecule has 1 aliphatic heterocycles. The van der Waals surface area contributed by atoms with Crippen LogP contribution in [0.4, 0.5) is 0 Å². The maximum absolute atomic E-state index is 12.3. The van der Waals surface area contributed by atoms with Crippen molar-refractivity contribution in [3.8, 4) is 11.4 Å². The Bertz CT molecular complexity index is 833. The summed E-state index contributed by atoms with van der Waals surface area (Å²) in [6, 6.07) is 17.6. The minimum Gasteiger partial charge on any atom is -0.480 e. The van der Waals surface area contributed by atoms with E-state index in [2.05, 4.69) is 10.4 Å². The smallest absolute Gasteiger partial charge is 0.261 e. The molecule has 5 nitrogen and oxygen atoms in total. The first-order valence-corrected chi connectivity index (χ1v) is 7.91. The Labute approximate surface area is 139 Å². The quantitative estimate of drug-likeness (QED) is 0.804. The summed E-state index contributed by atoms with van der Waals surface area (Å²) >= 11 is 0. The number of nitrogens with zero attached hydrogens (tertiary/aromatic N) is 2. The third kappa shape index (κ3) is 2.88. The fourth-order valence-corrected chi connectivity index (χ4v) is 2.80. The topological polar surface area (TPSA) is 56.2 Å². The molecule has 0 radical (unpaired) electrons. The molecule has 0 saturated carbocycles. The molecule has 0 bridgehead atoms. The highest BCUT2D eigenvalue weighted by Crippen LogP contribution is 2.28. The molecule has 1 amide bonds. The van der Waals surface area contributed by atoms with E-state index in [4.69, 9.17) is 4.74 Å². The summed E-state index contributed by atoms with van der Waals surface area (Å²) in [5, 5.41) is 7.25. The SMILES string of the molecule is O=C(NCc1cnn(-c2ccccc2)c1)C1Cc2ccccc2O1. The molecule has 1 N–H and O–H groups in total. The lowest BCUT2D eigenvalue weighted by atomic mass is 10.1. The molecule has 0 fully saturated rings. The van der Waals surface area contributed by atoms with E-state index < -0.39 is 6.10 Å². The van der Waals surface area contributed by atoms with E-state index in [1.165, 1.54) is 0 Å². The second-order valence-electron chi connectivity index (χ2n) is 5.76. The van der Waals surface area contributed by atoms with E-state index >= 15 is 0 Å². The molecule has 3 aromatic rings. The van der Waals surface area contributed by atoms with Gasteiger partial charge in [-0.1, -0.05) is 36.4 Å². The Kier molecular flexibility index (Phi) is 3.75. The van der Waals surface area contributed by atoms with E-state index in [1.807, 2.05) is 60.8 Å². The maximum Gasteiger partial charge on any atom is 0.261 e. The van der Waals surface area contributed by atoms with Crippen LogP contribution in [0.3, 0.4) is 0 Å². The van der Waals surface area contributed by atoms with E-state index in [9.17, 15) is 4.79 Å². The normalized spacial score (nSPS) is 15.6. The van der Waals surface area contributed by atoms with Crippen molar-refractivity contribution in [2.24, 2.45) is 0 Å². The standard InChI is InChI=1S/C19H17N3O2/c23-19(18-10-15-6-4-5-9-17(15)24-18)20-11-14-12-21-22(13-14)16-7-2-1-3-8-16/h1-9,12-13,18H,10-11H2,(H,20,23). The van der Waals surface area contributed by atoms with Gasteiger partial charge in [-0.25, -0.2) is 4.68 Å². The predicted molar refractivity (Wildman–Crippen MR) is 90.0 cm³/mol. The summed E-state index contributed by atoms with van der Waals surface area (Å²) in [5.74, 6) is 0.702. The number of aromatic nitrogens is 2. The van der Waals surface area contributed by atoms with E-state index in [0.717, 1.165) is 22.6 Å². The highest BCUT2D eigenvalue weighted by atomic mass is 16.5. The third-order valence-corrected chi connectivity index (χ3v) is 4.06. The minimum atomic E-state index is -0.452. The molecule has 120 valence electrons. The average Bonchev–Trinajstić information content (AvgIpc) is 3.27. The number of carbonyl (C=O) groups excluding carboxylic acids is 1. The van der Waals surface area contributed by atoms with Gasteiger partial charge in [0.15, 0.2) is 6.10 Å². The monoisotopic (exact) mass is 319 g/mol. The first-order valence-electron chi connectivity index (χ1n) is 7.91. The second kappa shape index (κ2) is 6.20. The van der Waals surface area contributed by atoms with Gasteiger partial charge in [0.25, 0.3) is 5.91 Å². The number of hydrogen-bond acceptors (Lipinski definition) is 3. The van der Waals surface area contributed by atoms with Gasteiger partial charge in [0.05, 0.1) is 11.9 Å². The molecule has 1 aliphatic rings. The highest BCUT2D eigenvalue weighted by Gasteiger charge is 2.28. The van der Waals surface area contributed by atoms with Gasteiger partial charge in [0.1, 0.15) is 5.75 Å². The van der Waals surface area contributed by atoms with Crippen LogP contribution in [-0.4, -0.2) is 21.8 Å². The van der Waals surface area contributed by atoms with Gasteiger partial charge in [0.2, 0.25) is 0 Å². The molecule has 0 spiro atoms. The molecule has 0 aliphatic carbocycles. The molecule has 0 saturated heterocycles. The van der Waals surface area contributed by atoms with Crippen molar-refractivity contribution in [2.45, 2.75) is 19.1 Å². The van der Waals surface area contributed by atoms with Gasteiger partial charge >= 0.3 is 0 Å². The maximum atomic E-state index is 12.3. The summed E-state index contributed by atoms with van der Waals surface area (Å²) in [4.78, 5) is 12.3. The number of amides is 1. The molecule has 4 rings (SSSR count).